The maximum atomic E-state index is 12.3. The van der Waals surface area contributed by atoms with Crippen LogP contribution in [0, 0.1) is 13.8 Å². The Balaban J connectivity index is 1.83. The van der Waals surface area contributed by atoms with E-state index in [1.807, 2.05) is 32.0 Å². The van der Waals surface area contributed by atoms with E-state index < -0.39 is 5.91 Å². The number of anilines is 1. The Morgan fingerprint density at radius 1 is 1.04 bits per heavy atom. The zero-order chi connectivity index (χ0) is 17.3. The minimum Gasteiger partial charge on any atom is -0.403 e. The van der Waals surface area contributed by atoms with Crippen LogP contribution in [0.4, 0.5) is 6.01 Å². The molecule has 0 aliphatic carbocycles. The first kappa shape index (κ1) is 16.5. The standard InChI is InChI=1S/C17H13Cl2N3O2/c1-9-5-10(2)7-11(6-9)16-21-22-17(24-16)20-15(23)13-8-12(18)3-4-14(13)19/h3-8H,1-2H3,(H,20,22,23). The number of nitrogens with one attached hydrogen (secondary N) is 1. The number of aromatic nitrogens is 2. The first-order valence-corrected chi connectivity index (χ1v) is 7.86. The second-order valence-electron chi connectivity index (χ2n) is 5.37. The van der Waals surface area contributed by atoms with Crippen molar-refractivity contribution in [2.24, 2.45) is 0 Å². The van der Waals surface area contributed by atoms with Gasteiger partial charge in [0.25, 0.3) is 5.91 Å². The minimum absolute atomic E-state index is 0.00907. The van der Waals surface area contributed by atoms with Gasteiger partial charge in [-0.3, -0.25) is 10.1 Å². The van der Waals surface area contributed by atoms with Crippen LogP contribution in [-0.2, 0) is 0 Å². The first-order valence-electron chi connectivity index (χ1n) is 7.11. The summed E-state index contributed by atoms with van der Waals surface area (Å²) in [5, 5.41) is 11.0. The fraction of sp³-hybridized carbons (Fsp3) is 0.118. The molecule has 7 heteroatoms. The van der Waals surface area contributed by atoms with Gasteiger partial charge < -0.3 is 4.42 Å². The number of benzene rings is 2. The van der Waals surface area contributed by atoms with Crippen LogP contribution in [0.25, 0.3) is 11.5 Å². The lowest BCUT2D eigenvalue weighted by atomic mass is 10.1. The first-order chi connectivity index (χ1) is 11.4. The fourth-order valence-corrected chi connectivity index (χ4v) is 2.70. The number of rotatable bonds is 3. The van der Waals surface area contributed by atoms with Gasteiger partial charge in [0.1, 0.15) is 0 Å². The van der Waals surface area contributed by atoms with Crippen LogP contribution in [0.5, 0.6) is 0 Å². The van der Waals surface area contributed by atoms with Crippen molar-refractivity contribution in [2.45, 2.75) is 13.8 Å². The van der Waals surface area contributed by atoms with Crippen molar-refractivity contribution in [2.75, 3.05) is 5.32 Å². The number of aryl methyl sites for hydroxylation is 2. The van der Waals surface area contributed by atoms with Crippen molar-refractivity contribution in [3.05, 3.63) is 63.1 Å². The zero-order valence-corrected chi connectivity index (χ0v) is 14.4. The van der Waals surface area contributed by atoms with Gasteiger partial charge in [-0.05, 0) is 44.2 Å². The Morgan fingerprint density at radius 2 is 1.75 bits per heavy atom. The van der Waals surface area contributed by atoms with Crippen LogP contribution < -0.4 is 5.32 Å². The highest BCUT2D eigenvalue weighted by molar-refractivity contribution is 6.36. The molecule has 0 saturated heterocycles. The molecule has 0 bridgehead atoms. The summed E-state index contributed by atoms with van der Waals surface area (Å²) in [5.74, 6) is -0.146. The van der Waals surface area contributed by atoms with Crippen LogP contribution in [-0.4, -0.2) is 16.1 Å². The predicted molar refractivity (Wildman–Crippen MR) is 93.6 cm³/mol. The molecule has 0 unspecified atom stereocenters. The Hall–Kier alpha value is -2.37. The molecule has 1 amide bonds. The van der Waals surface area contributed by atoms with Crippen LogP contribution in [0.1, 0.15) is 21.5 Å². The molecule has 0 atom stereocenters. The summed E-state index contributed by atoms with van der Waals surface area (Å²) < 4.78 is 5.51. The Bertz CT molecular complexity index is 902. The van der Waals surface area contributed by atoms with E-state index in [2.05, 4.69) is 15.5 Å². The van der Waals surface area contributed by atoms with Gasteiger partial charge >= 0.3 is 6.01 Å². The van der Waals surface area contributed by atoms with Crippen molar-refractivity contribution < 1.29 is 9.21 Å². The minimum atomic E-state index is -0.474. The zero-order valence-electron chi connectivity index (χ0n) is 12.9. The Kier molecular flexibility index (Phi) is 4.55. The lowest BCUT2D eigenvalue weighted by Gasteiger charge is -2.03. The molecular weight excluding hydrogens is 349 g/mol. The van der Waals surface area contributed by atoms with Crippen LogP contribution in [0.3, 0.4) is 0 Å². The third kappa shape index (κ3) is 3.58. The van der Waals surface area contributed by atoms with E-state index in [1.54, 1.807) is 12.1 Å². The van der Waals surface area contributed by atoms with E-state index in [0.29, 0.717) is 10.9 Å². The van der Waals surface area contributed by atoms with Crippen molar-refractivity contribution >= 4 is 35.1 Å². The van der Waals surface area contributed by atoms with Gasteiger partial charge in [0.15, 0.2) is 0 Å². The summed E-state index contributed by atoms with van der Waals surface area (Å²) in [7, 11) is 0. The summed E-state index contributed by atoms with van der Waals surface area (Å²) in [6.07, 6.45) is 0. The summed E-state index contributed by atoms with van der Waals surface area (Å²) in [6.45, 7) is 3.97. The van der Waals surface area contributed by atoms with Crippen LogP contribution in [0.2, 0.25) is 10.0 Å². The van der Waals surface area contributed by atoms with Gasteiger partial charge in [-0.2, -0.15) is 0 Å². The third-order valence-electron chi connectivity index (χ3n) is 3.29. The molecule has 3 aromatic rings. The van der Waals surface area contributed by atoms with E-state index in [0.717, 1.165) is 16.7 Å². The number of amides is 1. The van der Waals surface area contributed by atoms with E-state index in [9.17, 15) is 4.79 Å². The maximum absolute atomic E-state index is 12.3. The summed E-state index contributed by atoms with van der Waals surface area (Å²) >= 11 is 11.9. The molecule has 0 saturated carbocycles. The number of carbonyl (C=O) groups is 1. The van der Waals surface area contributed by atoms with Crippen molar-refractivity contribution in [3.63, 3.8) is 0 Å². The number of carbonyl (C=O) groups excluding carboxylic acids is 1. The van der Waals surface area contributed by atoms with Gasteiger partial charge in [-0.1, -0.05) is 45.5 Å². The average molecular weight is 362 g/mol. The number of hydrogen-bond acceptors (Lipinski definition) is 4. The molecule has 2 aromatic carbocycles. The SMILES string of the molecule is Cc1cc(C)cc(-c2nnc(NC(=O)c3cc(Cl)ccc3Cl)o2)c1. The summed E-state index contributed by atoms with van der Waals surface area (Å²) in [5.41, 5.74) is 3.19. The molecule has 0 aliphatic heterocycles. The Morgan fingerprint density at radius 3 is 2.46 bits per heavy atom. The summed E-state index contributed by atoms with van der Waals surface area (Å²) in [6, 6.07) is 10.5. The molecule has 1 heterocycles. The second kappa shape index (κ2) is 6.63. The van der Waals surface area contributed by atoms with Gasteiger partial charge in [-0.15, -0.1) is 5.10 Å². The average Bonchev–Trinajstić information content (AvgIpc) is 2.97. The van der Waals surface area contributed by atoms with E-state index in [4.69, 9.17) is 27.6 Å². The highest BCUT2D eigenvalue weighted by atomic mass is 35.5. The quantitative estimate of drug-likeness (QED) is 0.719. The van der Waals surface area contributed by atoms with Crippen LogP contribution >= 0.6 is 23.2 Å². The molecule has 5 nitrogen and oxygen atoms in total. The van der Waals surface area contributed by atoms with Crippen LogP contribution in [0.15, 0.2) is 40.8 Å². The molecule has 0 aliphatic rings. The van der Waals surface area contributed by atoms with Gasteiger partial charge in [0.2, 0.25) is 5.89 Å². The smallest absolute Gasteiger partial charge is 0.322 e. The highest BCUT2D eigenvalue weighted by Crippen LogP contribution is 2.24. The Labute approximate surface area is 148 Å². The third-order valence-corrected chi connectivity index (χ3v) is 3.85. The predicted octanol–water partition coefficient (Wildman–Crippen LogP) is 4.91. The number of hydrogen-bond donors (Lipinski definition) is 1. The maximum Gasteiger partial charge on any atom is 0.322 e. The second-order valence-corrected chi connectivity index (χ2v) is 6.21. The lowest BCUT2D eigenvalue weighted by Crippen LogP contribution is -2.12. The lowest BCUT2D eigenvalue weighted by molar-refractivity contribution is 0.102. The molecule has 1 N–H and O–H groups in total. The van der Waals surface area contributed by atoms with E-state index >= 15 is 0 Å². The van der Waals surface area contributed by atoms with Gasteiger partial charge in [-0.25, -0.2) is 0 Å². The van der Waals surface area contributed by atoms with E-state index in [1.165, 1.54) is 6.07 Å². The topological polar surface area (TPSA) is 68.0 Å². The normalized spacial score (nSPS) is 10.7. The number of halogens is 2. The van der Waals surface area contributed by atoms with Crippen molar-refractivity contribution in [3.8, 4) is 11.5 Å². The van der Waals surface area contributed by atoms with Crippen molar-refractivity contribution in [1.29, 1.82) is 0 Å². The molecule has 0 fully saturated rings. The largest absolute Gasteiger partial charge is 0.403 e. The highest BCUT2D eigenvalue weighted by Gasteiger charge is 2.16. The fourth-order valence-electron chi connectivity index (χ4n) is 2.32. The molecule has 0 spiro atoms. The molecule has 24 heavy (non-hydrogen) atoms. The molecule has 1 aromatic heterocycles. The monoisotopic (exact) mass is 361 g/mol. The van der Waals surface area contributed by atoms with Gasteiger partial charge in [0, 0.05) is 10.6 Å². The summed E-state index contributed by atoms with van der Waals surface area (Å²) in [4.78, 5) is 12.3. The van der Waals surface area contributed by atoms with E-state index in [-0.39, 0.29) is 16.6 Å². The van der Waals surface area contributed by atoms with Crippen molar-refractivity contribution in [1.82, 2.24) is 10.2 Å². The molecular formula is C17H13Cl2N3O2. The number of nitrogens with zero attached hydrogens (tertiary/aromatic N) is 2. The molecule has 122 valence electrons. The molecule has 0 radical (unpaired) electrons. The van der Waals surface area contributed by atoms with Gasteiger partial charge in [0.05, 0.1) is 10.6 Å². The molecule has 3 rings (SSSR count).